The number of fused-ring (bicyclic) bond motifs is 1. The highest BCUT2D eigenvalue weighted by molar-refractivity contribution is 7.16. The maximum Gasteiger partial charge on any atom is 0.311 e. The topological polar surface area (TPSA) is 117 Å². The molecule has 2 aromatic heterocycles. The summed E-state index contributed by atoms with van der Waals surface area (Å²) in [5.74, 6) is 0.360. The second kappa shape index (κ2) is 5.02. The van der Waals surface area contributed by atoms with Crippen molar-refractivity contribution in [3.8, 4) is 0 Å². The van der Waals surface area contributed by atoms with Crippen LogP contribution in [0.5, 0.6) is 0 Å². The first kappa shape index (κ1) is 14.4. The smallest absolute Gasteiger partial charge is 0.311 e. The first-order chi connectivity index (χ1) is 9.93. The Balaban J connectivity index is 2.20. The number of aliphatic hydroxyl groups is 2. The van der Waals surface area contributed by atoms with E-state index in [-0.39, 0.29) is 10.3 Å². The fraction of sp³-hybridized carbons (Fsp3) is 0.583. The van der Waals surface area contributed by atoms with Crippen LogP contribution in [0.25, 0.3) is 10.3 Å². The summed E-state index contributed by atoms with van der Waals surface area (Å²) in [6.07, 6.45) is -3.43. The molecule has 0 radical (unpaired) electrons. The average Bonchev–Trinajstić information content (AvgIpc) is 2.89. The van der Waals surface area contributed by atoms with E-state index < -0.39 is 35.0 Å². The number of hydrogen-bond donors (Lipinski definition) is 3. The fourth-order valence-corrected chi connectivity index (χ4v) is 3.39. The highest BCUT2D eigenvalue weighted by Crippen LogP contribution is 2.32. The van der Waals surface area contributed by atoms with E-state index in [1.807, 2.05) is 6.92 Å². The van der Waals surface area contributed by atoms with Crippen LogP contribution < -0.4 is 10.4 Å². The predicted molar refractivity (Wildman–Crippen MR) is 75.5 cm³/mol. The van der Waals surface area contributed by atoms with E-state index in [9.17, 15) is 19.8 Å². The summed E-state index contributed by atoms with van der Waals surface area (Å²) in [7, 11) is 0. The zero-order chi connectivity index (χ0) is 15.3. The minimum Gasteiger partial charge on any atom is -0.388 e. The normalized spacial score (nSPS) is 29.3. The molecule has 0 spiro atoms. The molecule has 1 unspecified atom stereocenters. The fourth-order valence-electron chi connectivity index (χ4n) is 2.54. The van der Waals surface area contributed by atoms with Crippen molar-refractivity contribution in [3.63, 3.8) is 0 Å². The van der Waals surface area contributed by atoms with Crippen LogP contribution in [0, 0.1) is 6.92 Å². The van der Waals surface area contributed by atoms with Gasteiger partial charge < -0.3 is 19.9 Å². The van der Waals surface area contributed by atoms with Crippen LogP contribution in [-0.4, -0.2) is 43.1 Å². The summed E-state index contributed by atoms with van der Waals surface area (Å²) < 4.78 is 6.89. The number of nitrogens with zero attached hydrogens (tertiary/aromatic N) is 2. The van der Waals surface area contributed by atoms with E-state index in [4.69, 9.17) is 4.74 Å². The molecular formula is C12H15N3O5S. The Morgan fingerprint density at radius 3 is 2.71 bits per heavy atom. The molecule has 3 rings (SSSR count). The molecule has 2 aromatic rings. The molecule has 1 aliphatic heterocycles. The first-order valence-electron chi connectivity index (χ1n) is 6.57. The maximum absolute atomic E-state index is 12.2. The molecule has 9 heteroatoms. The van der Waals surface area contributed by atoms with Gasteiger partial charge in [-0.05, 0) is 13.3 Å². The minimum absolute atomic E-state index is 0.166. The van der Waals surface area contributed by atoms with Crippen molar-refractivity contribution in [2.24, 2.45) is 0 Å². The van der Waals surface area contributed by atoms with Crippen LogP contribution in [0.2, 0.25) is 0 Å². The molecule has 3 heterocycles. The van der Waals surface area contributed by atoms with Gasteiger partial charge in [0.2, 0.25) is 0 Å². The molecule has 1 aliphatic rings. The SMILES string of the molecule is CC[C@H]1OC(n2c(=O)sc3c(=O)[nH]c(C)nc32)[C@H](O)[C@@H]1O. The summed E-state index contributed by atoms with van der Waals surface area (Å²) in [6.45, 7) is 3.41. The summed E-state index contributed by atoms with van der Waals surface area (Å²) in [5.41, 5.74) is -0.238. The lowest BCUT2D eigenvalue weighted by molar-refractivity contribution is -0.0365. The van der Waals surface area contributed by atoms with Gasteiger partial charge in [0.15, 0.2) is 11.9 Å². The number of rotatable bonds is 2. The van der Waals surface area contributed by atoms with E-state index in [2.05, 4.69) is 9.97 Å². The number of aromatic amines is 1. The number of hydrogen-bond acceptors (Lipinski definition) is 7. The highest BCUT2D eigenvalue weighted by Gasteiger charge is 2.44. The molecular weight excluding hydrogens is 298 g/mol. The molecule has 8 nitrogen and oxygen atoms in total. The van der Waals surface area contributed by atoms with Gasteiger partial charge in [0.25, 0.3) is 5.56 Å². The highest BCUT2D eigenvalue weighted by atomic mass is 32.1. The van der Waals surface area contributed by atoms with Crippen LogP contribution in [-0.2, 0) is 4.74 Å². The van der Waals surface area contributed by atoms with Crippen LogP contribution in [0.15, 0.2) is 9.59 Å². The van der Waals surface area contributed by atoms with Gasteiger partial charge in [-0.15, -0.1) is 0 Å². The van der Waals surface area contributed by atoms with E-state index >= 15 is 0 Å². The zero-order valence-electron chi connectivity index (χ0n) is 11.4. The van der Waals surface area contributed by atoms with Crippen molar-refractivity contribution in [1.82, 2.24) is 14.5 Å². The molecule has 4 atom stereocenters. The lowest BCUT2D eigenvalue weighted by Gasteiger charge is -2.15. The Hall–Kier alpha value is -1.55. The number of aryl methyl sites for hydroxylation is 1. The van der Waals surface area contributed by atoms with Gasteiger partial charge in [-0.2, -0.15) is 0 Å². The molecule has 0 amide bonds. The third-order valence-electron chi connectivity index (χ3n) is 3.59. The molecule has 1 saturated heterocycles. The monoisotopic (exact) mass is 313 g/mol. The zero-order valence-corrected chi connectivity index (χ0v) is 12.3. The second-order valence-electron chi connectivity index (χ2n) is 5.00. The molecule has 0 bridgehead atoms. The van der Waals surface area contributed by atoms with Crippen molar-refractivity contribution in [2.75, 3.05) is 0 Å². The summed E-state index contributed by atoms with van der Waals surface area (Å²) in [5, 5.41) is 20.0. The van der Waals surface area contributed by atoms with Gasteiger partial charge in [-0.3, -0.25) is 14.2 Å². The largest absolute Gasteiger partial charge is 0.388 e. The van der Waals surface area contributed by atoms with Crippen molar-refractivity contribution in [1.29, 1.82) is 0 Å². The van der Waals surface area contributed by atoms with Gasteiger partial charge >= 0.3 is 4.87 Å². The van der Waals surface area contributed by atoms with Crippen molar-refractivity contribution in [3.05, 3.63) is 25.8 Å². The van der Waals surface area contributed by atoms with Gasteiger partial charge in [-0.25, -0.2) is 4.98 Å². The average molecular weight is 313 g/mol. The molecule has 21 heavy (non-hydrogen) atoms. The van der Waals surface area contributed by atoms with Gasteiger partial charge in [0.1, 0.15) is 22.7 Å². The maximum atomic E-state index is 12.2. The van der Waals surface area contributed by atoms with Crippen LogP contribution in [0.4, 0.5) is 0 Å². The molecule has 3 N–H and O–H groups in total. The number of nitrogens with one attached hydrogen (secondary N) is 1. The van der Waals surface area contributed by atoms with E-state index in [0.717, 1.165) is 15.9 Å². The Kier molecular flexibility index (Phi) is 3.44. The van der Waals surface area contributed by atoms with Gasteiger partial charge in [-0.1, -0.05) is 18.3 Å². The van der Waals surface area contributed by atoms with E-state index in [1.54, 1.807) is 6.92 Å². The van der Waals surface area contributed by atoms with Gasteiger partial charge in [0.05, 0.1) is 6.10 Å². The Bertz CT molecular complexity index is 794. The summed E-state index contributed by atoms with van der Waals surface area (Å²) in [6, 6.07) is 0. The van der Waals surface area contributed by atoms with E-state index in [1.165, 1.54) is 0 Å². The molecule has 1 fully saturated rings. The Morgan fingerprint density at radius 2 is 2.10 bits per heavy atom. The molecule has 0 aromatic carbocycles. The molecule has 0 saturated carbocycles. The van der Waals surface area contributed by atoms with Crippen LogP contribution >= 0.6 is 11.3 Å². The summed E-state index contributed by atoms with van der Waals surface area (Å²) >= 11 is 0.741. The second-order valence-corrected chi connectivity index (χ2v) is 5.96. The number of thiazole rings is 1. The number of ether oxygens (including phenoxy) is 1. The van der Waals surface area contributed by atoms with Crippen molar-refractivity contribution >= 4 is 21.7 Å². The third-order valence-corrected chi connectivity index (χ3v) is 4.53. The molecule has 114 valence electrons. The third kappa shape index (κ3) is 2.13. The van der Waals surface area contributed by atoms with Crippen LogP contribution in [0.3, 0.4) is 0 Å². The number of aliphatic hydroxyl groups excluding tert-OH is 2. The Labute approximate surface area is 122 Å². The number of aromatic nitrogens is 3. The first-order valence-corrected chi connectivity index (χ1v) is 7.39. The lowest BCUT2D eigenvalue weighted by atomic mass is 10.1. The standard InChI is InChI=1S/C12H15N3O5S/c1-3-5-6(16)7(17)11(20-5)15-9-8(21-12(15)19)10(18)14-4(2)13-9/h5-7,11,16-17H,3H2,1-2H3,(H,13,14,18)/t5-,6-,7-,11?/m1/s1. The predicted octanol–water partition coefficient (Wildman–Crippen LogP) is -0.516. The minimum atomic E-state index is -1.24. The lowest BCUT2D eigenvalue weighted by Crippen LogP contribution is -2.33. The molecule has 0 aliphatic carbocycles. The quantitative estimate of drug-likeness (QED) is 0.687. The van der Waals surface area contributed by atoms with E-state index in [0.29, 0.717) is 12.2 Å². The summed E-state index contributed by atoms with van der Waals surface area (Å²) in [4.78, 5) is 30.2. The number of H-pyrrole nitrogens is 1. The van der Waals surface area contributed by atoms with Crippen LogP contribution in [0.1, 0.15) is 25.4 Å². The van der Waals surface area contributed by atoms with Gasteiger partial charge in [0, 0.05) is 0 Å². The van der Waals surface area contributed by atoms with Crippen molar-refractivity contribution < 1.29 is 14.9 Å². The Morgan fingerprint density at radius 1 is 1.38 bits per heavy atom. The van der Waals surface area contributed by atoms with Crippen molar-refractivity contribution in [2.45, 2.75) is 44.8 Å².